The number of anilines is 1. The molecule has 0 aromatic heterocycles. The minimum Gasteiger partial charge on any atom is -0.382 e. The highest BCUT2D eigenvalue weighted by molar-refractivity contribution is 5.49. The smallest absolute Gasteiger partial charge is 0.382 e. The first-order chi connectivity index (χ1) is 6.95. The van der Waals surface area contributed by atoms with E-state index in [9.17, 15) is 13.2 Å². The van der Waals surface area contributed by atoms with Gasteiger partial charge in [0.15, 0.2) is 0 Å². The lowest BCUT2D eigenvalue weighted by molar-refractivity contribution is -0.138. The van der Waals surface area contributed by atoms with Crippen molar-refractivity contribution in [1.82, 2.24) is 0 Å². The molecule has 0 amide bonds. The fourth-order valence-electron chi connectivity index (χ4n) is 1.23. The summed E-state index contributed by atoms with van der Waals surface area (Å²) in [7, 11) is 0. The second kappa shape index (κ2) is 4.38. The molecule has 0 unspecified atom stereocenters. The van der Waals surface area contributed by atoms with E-state index in [1.165, 1.54) is 13.0 Å². The largest absolute Gasteiger partial charge is 0.416 e. The molecular formula is C11H12F3N. The van der Waals surface area contributed by atoms with Gasteiger partial charge >= 0.3 is 6.18 Å². The van der Waals surface area contributed by atoms with Crippen LogP contribution < -0.4 is 5.32 Å². The van der Waals surface area contributed by atoms with E-state index in [-0.39, 0.29) is 5.56 Å². The van der Waals surface area contributed by atoms with E-state index in [0.29, 0.717) is 12.2 Å². The Labute approximate surface area is 86.6 Å². The second-order valence-corrected chi connectivity index (χ2v) is 3.20. The molecule has 0 saturated heterocycles. The topological polar surface area (TPSA) is 12.0 Å². The molecule has 82 valence electrons. The molecule has 0 aliphatic rings. The van der Waals surface area contributed by atoms with E-state index in [1.54, 1.807) is 12.1 Å². The maximum atomic E-state index is 12.5. The summed E-state index contributed by atoms with van der Waals surface area (Å²) in [6, 6.07) is 4.18. The molecule has 0 spiro atoms. The van der Waals surface area contributed by atoms with Gasteiger partial charge in [0.2, 0.25) is 0 Å². The molecule has 0 saturated carbocycles. The van der Waals surface area contributed by atoms with Crippen molar-refractivity contribution in [3.63, 3.8) is 0 Å². The van der Waals surface area contributed by atoms with E-state index in [4.69, 9.17) is 0 Å². The van der Waals surface area contributed by atoms with Crippen LogP contribution in [0.15, 0.2) is 30.9 Å². The standard InChI is InChI=1S/C11H12F3N/c1-3-6-15-9-5-4-8(2)10(7-9)11(12,13)14/h3-5,7,15H,1,6H2,2H3. The summed E-state index contributed by atoms with van der Waals surface area (Å²) < 4.78 is 37.5. The number of halogens is 3. The molecule has 0 heterocycles. The highest BCUT2D eigenvalue weighted by atomic mass is 19.4. The zero-order valence-electron chi connectivity index (χ0n) is 8.36. The Morgan fingerprint density at radius 3 is 2.60 bits per heavy atom. The van der Waals surface area contributed by atoms with Crippen LogP contribution in [-0.2, 0) is 6.18 Å². The molecule has 15 heavy (non-hydrogen) atoms. The zero-order valence-corrected chi connectivity index (χ0v) is 8.36. The molecule has 4 heteroatoms. The van der Waals surface area contributed by atoms with Crippen molar-refractivity contribution >= 4 is 5.69 Å². The molecule has 1 N–H and O–H groups in total. The van der Waals surface area contributed by atoms with Crippen molar-refractivity contribution in [2.75, 3.05) is 11.9 Å². The van der Waals surface area contributed by atoms with Crippen molar-refractivity contribution in [3.8, 4) is 0 Å². The highest BCUT2D eigenvalue weighted by Crippen LogP contribution is 2.33. The maximum Gasteiger partial charge on any atom is 0.416 e. The first-order valence-corrected chi connectivity index (χ1v) is 4.48. The van der Waals surface area contributed by atoms with Crippen LogP contribution in [0, 0.1) is 6.92 Å². The molecule has 0 aliphatic heterocycles. The average molecular weight is 215 g/mol. The van der Waals surface area contributed by atoms with Gasteiger partial charge in [0.1, 0.15) is 0 Å². The summed E-state index contributed by atoms with van der Waals surface area (Å²) in [6.07, 6.45) is -2.71. The van der Waals surface area contributed by atoms with Crippen LogP contribution in [0.1, 0.15) is 11.1 Å². The van der Waals surface area contributed by atoms with Gasteiger partial charge in [-0.05, 0) is 24.6 Å². The van der Waals surface area contributed by atoms with Crippen molar-refractivity contribution in [2.45, 2.75) is 13.1 Å². The van der Waals surface area contributed by atoms with Crippen LogP contribution >= 0.6 is 0 Å². The van der Waals surface area contributed by atoms with Gasteiger partial charge in [-0.2, -0.15) is 13.2 Å². The molecule has 0 bridgehead atoms. The van der Waals surface area contributed by atoms with Gasteiger partial charge in [-0.25, -0.2) is 0 Å². The van der Waals surface area contributed by atoms with Crippen molar-refractivity contribution in [3.05, 3.63) is 42.0 Å². The Morgan fingerprint density at radius 2 is 2.07 bits per heavy atom. The van der Waals surface area contributed by atoms with Crippen LogP contribution in [0.5, 0.6) is 0 Å². The van der Waals surface area contributed by atoms with Crippen LogP contribution in [0.3, 0.4) is 0 Å². The Bertz CT molecular complexity index is 355. The van der Waals surface area contributed by atoms with Gasteiger partial charge in [0.05, 0.1) is 5.56 Å². The first kappa shape index (κ1) is 11.6. The lowest BCUT2D eigenvalue weighted by Gasteiger charge is -2.12. The SMILES string of the molecule is C=CCNc1ccc(C)c(C(F)(F)F)c1. The predicted octanol–water partition coefficient (Wildman–Crippen LogP) is 3.61. The van der Waals surface area contributed by atoms with E-state index in [0.717, 1.165) is 6.07 Å². The Kier molecular flexibility index (Phi) is 3.39. The van der Waals surface area contributed by atoms with E-state index in [1.807, 2.05) is 0 Å². The van der Waals surface area contributed by atoms with E-state index < -0.39 is 11.7 Å². The third-order valence-electron chi connectivity index (χ3n) is 1.99. The second-order valence-electron chi connectivity index (χ2n) is 3.20. The molecule has 1 aromatic rings. The summed E-state index contributed by atoms with van der Waals surface area (Å²) in [5.41, 5.74) is 0.0797. The van der Waals surface area contributed by atoms with Crippen molar-refractivity contribution < 1.29 is 13.2 Å². The number of nitrogens with one attached hydrogen (secondary N) is 1. The number of aryl methyl sites for hydroxylation is 1. The molecule has 1 aromatic carbocycles. The number of rotatable bonds is 3. The molecule has 0 fully saturated rings. The van der Waals surface area contributed by atoms with E-state index in [2.05, 4.69) is 11.9 Å². The van der Waals surface area contributed by atoms with E-state index >= 15 is 0 Å². The summed E-state index contributed by atoms with van der Waals surface area (Å²) in [5, 5.41) is 2.82. The fourth-order valence-corrected chi connectivity index (χ4v) is 1.23. The molecular weight excluding hydrogens is 203 g/mol. The molecule has 0 radical (unpaired) electrons. The summed E-state index contributed by atoms with van der Waals surface area (Å²) in [4.78, 5) is 0. The summed E-state index contributed by atoms with van der Waals surface area (Å²) in [5.74, 6) is 0. The molecule has 1 rings (SSSR count). The Balaban J connectivity index is 3.00. The summed E-state index contributed by atoms with van der Waals surface area (Å²) in [6.45, 7) is 5.37. The number of hydrogen-bond acceptors (Lipinski definition) is 1. The van der Waals surface area contributed by atoms with Gasteiger partial charge in [-0.3, -0.25) is 0 Å². The lowest BCUT2D eigenvalue weighted by atomic mass is 10.1. The molecule has 1 nitrogen and oxygen atoms in total. The third-order valence-corrected chi connectivity index (χ3v) is 1.99. The number of alkyl halides is 3. The van der Waals surface area contributed by atoms with Gasteiger partial charge < -0.3 is 5.32 Å². The Morgan fingerprint density at radius 1 is 1.40 bits per heavy atom. The van der Waals surface area contributed by atoms with Gasteiger partial charge in [0, 0.05) is 12.2 Å². The highest BCUT2D eigenvalue weighted by Gasteiger charge is 2.32. The van der Waals surface area contributed by atoms with Crippen LogP contribution in [-0.4, -0.2) is 6.54 Å². The van der Waals surface area contributed by atoms with Gasteiger partial charge in [0.25, 0.3) is 0 Å². The zero-order chi connectivity index (χ0) is 11.5. The van der Waals surface area contributed by atoms with Crippen LogP contribution in [0.25, 0.3) is 0 Å². The minimum absolute atomic E-state index is 0.228. The predicted molar refractivity (Wildman–Crippen MR) is 54.9 cm³/mol. The van der Waals surface area contributed by atoms with Gasteiger partial charge in [-0.1, -0.05) is 12.1 Å². The summed E-state index contributed by atoms with van der Waals surface area (Å²) >= 11 is 0. The maximum absolute atomic E-state index is 12.5. The quantitative estimate of drug-likeness (QED) is 0.759. The first-order valence-electron chi connectivity index (χ1n) is 4.48. The molecule has 0 aliphatic carbocycles. The van der Waals surface area contributed by atoms with Gasteiger partial charge in [-0.15, -0.1) is 6.58 Å². The Hall–Kier alpha value is -1.45. The van der Waals surface area contributed by atoms with Crippen molar-refractivity contribution in [1.29, 1.82) is 0 Å². The normalized spacial score (nSPS) is 11.2. The fraction of sp³-hybridized carbons (Fsp3) is 0.273. The lowest BCUT2D eigenvalue weighted by Crippen LogP contribution is -2.08. The van der Waals surface area contributed by atoms with Crippen LogP contribution in [0.2, 0.25) is 0 Å². The monoisotopic (exact) mass is 215 g/mol. The van der Waals surface area contributed by atoms with Crippen LogP contribution in [0.4, 0.5) is 18.9 Å². The average Bonchev–Trinajstić information content (AvgIpc) is 2.15. The molecule has 0 atom stereocenters. The number of benzene rings is 1. The minimum atomic E-state index is -4.30. The third kappa shape index (κ3) is 3.01. The number of hydrogen-bond donors (Lipinski definition) is 1. The van der Waals surface area contributed by atoms with Crippen molar-refractivity contribution in [2.24, 2.45) is 0 Å².